The van der Waals surface area contributed by atoms with E-state index < -0.39 is 0 Å². The highest BCUT2D eigenvalue weighted by Crippen LogP contribution is 2.41. The van der Waals surface area contributed by atoms with Crippen molar-refractivity contribution in [1.29, 1.82) is 0 Å². The molecule has 6 rings (SSSR count). The first-order valence-corrected chi connectivity index (χ1v) is 9.36. The fraction of sp³-hybridized carbons (Fsp3) is 0. The molecule has 0 nitrogen and oxygen atoms in total. The average molecular weight is 334 g/mol. The molecule has 1 heteroatoms. The van der Waals surface area contributed by atoms with Gasteiger partial charge in [0.2, 0.25) is 0 Å². The minimum Gasteiger partial charge on any atom is -0.135 e. The molecule has 0 spiro atoms. The van der Waals surface area contributed by atoms with Crippen LogP contribution in [0.15, 0.2) is 84.9 Å². The standard InChI is InChI=1S/C24H14S/c1-2-6-17-15(5-1)9-10-16-11-12-21-19(23(16)17)13-14-20-18-7-3-4-8-22(18)25-24(20)21/h1-14H. The van der Waals surface area contributed by atoms with Gasteiger partial charge in [-0.2, -0.15) is 0 Å². The second-order valence-electron chi connectivity index (χ2n) is 6.59. The Balaban J connectivity index is 1.90. The van der Waals surface area contributed by atoms with Crippen molar-refractivity contribution < 1.29 is 0 Å². The Labute approximate surface area is 148 Å². The molecule has 0 aliphatic heterocycles. The minimum atomic E-state index is 1.30. The van der Waals surface area contributed by atoms with Crippen molar-refractivity contribution in [1.82, 2.24) is 0 Å². The zero-order chi connectivity index (χ0) is 16.4. The highest BCUT2D eigenvalue weighted by atomic mass is 32.1. The number of fused-ring (bicyclic) bond motifs is 9. The van der Waals surface area contributed by atoms with Gasteiger partial charge in [-0.15, -0.1) is 11.3 Å². The molecule has 0 saturated heterocycles. The molecule has 0 unspecified atom stereocenters. The Morgan fingerprint density at radius 3 is 2.04 bits per heavy atom. The molecule has 0 radical (unpaired) electrons. The Morgan fingerprint density at radius 1 is 0.440 bits per heavy atom. The summed E-state index contributed by atoms with van der Waals surface area (Å²) in [5, 5.41) is 10.8. The van der Waals surface area contributed by atoms with Crippen molar-refractivity contribution in [3.8, 4) is 0 Å². The topological polar surface area (TPSA) is 0 Å². The van der Waals surface area contributed by atoms with Gasteiger partial charge in [0, 0.05) is 25.6 Å². The Bertz CT molecular complexity index is 1440. The fourth-order valence-corrected chi connectivity index (χ4v) is 5.32. The van der Waals surface area contributed by atoms with Gasteiger partial charge in [0.15, 0.2) is 0 Å². The summed E-state index contributed by atoms with van der Waals surface area (Å²) < 4.78 is 2.76. The van der Waals surface area contributed by atoms with E-state index in [9.17, 15) is 0 Å². The predicted octanol–water partition coefficient (Wildman–Crippen LogP) is 7.51. The van der Waals surface area contributed by atoms with E-state index in [1.807, 2.05) is 11.3 Å². The molecule has 1 aromatic heterocycles. The first-order chi connectivity index (χ1) is 12.4. The maximum absolute atomic E-state index is 2.31. The summed E-state index contributed by atoms with van der Waals surface area (Å²) in [4.78, 5) is 0. The van der Waals surface area contributed by atoms with Crippen LogP contribution in [0, 0.1) is 0 Å². The molecular weight excluding hydrogens is 320 g/mol. The van der Waals surface area contributed by atoms with E-state index >= 15 is 0 Å². The Kier molecular flexibility index (Phi) is 2.58. The maximum atomic E-state index is 2.31. The van der Waals surface area contributed by atoms with Crippen molar-refractivity contribution >= 4 is 63.8 Å². The lowest BCUT2D eigenvalue weighted by atomic mass is 9.95. The highest BCUT2D eigenvalue weighted by Gasteiger charge is 2.11. The van der Waals surface area contributed by atoms with Gasteiger partial charge in [-0.1, -0.05) is 78.9 Å². The molecule has 0 fully saturated rings. The van der Waals surface area contributed by atoms with Crippen LogP contribution in [-0.4, -0.2) is 0 Å². The van der Waals surface area contributed by atoms with Gasteiger partial charge >= 0.3 is 0 Å². The van der Waals surface area contributed by atoms with Gasteiger partial charge in [0.25, 0.3) is 0 Å². The van der Waals surface area contributed by atoms with Crippen molar-refractivity contribution in [2.45, 2.75) is 0 Å². The summed E-state index contributed by atoms with van der Waals surface area (Å²) >= 11 is 1.91. The van der Waals surface area contributed by atoms with Crippen LogP contribution in [0.25, 0.3) is 52.5 Å². The monoisotopic (exact) mass is 334 g/mol. The number of thiophene rings is 1. The lowest BCUT2D eigenvalue weighted by molar-refractivity contribution is 1.80. The maximum Gasteiger partial charge on any atom is 0.0434 e. The third-order valence-corrected chi connectivity index (χ3v) is 6.47. The van der Waals surface area contributed by atoms with Gasteiger partial charge in [0.05, 0.1) is 0 Å². The molecule has 0 amide bonds. The molecule has 0 bridgehead atoms. The zero-order valence-electron chi connectivity index (χ0n) is 13.5. The van der Waals surface area contributed by atoms with E-state index in [1.165, 1.54) is 52.5 Å². The molecular formula is C24H14S. The molecule has 0 N–H and O–H groups in total. The number of hydrogen-bond acceptors (Lipinski definition) is 1. The number of hydrogen-bond donors (Lipinski definition) is 0. The Morgan fingerprint density at radius 2 is 1.08 bits per heavy atom. The second-order valence-corrected chi connectivity index (χ2v) is 7.64. The molecule has 6 aromatic rings. The van der Waals surface area contributed by atoms with Gasteiger partial charge in [-0.25, -0.2) is 0 Å². The SMILES string of the molecule is c1ccc2c(c1)ccc1ccc3c(ccc4c5ccccc5sc43)c12. The summed E-state index contributed by atoms with van der Waals surface area (Å²) in [6, 6.07) is 31.1. The predicted molar refractivity (Wildman–Crippen MR) is 112 cm³/mol. The lowest BCUT2D eigenvalue weighted by Crippen LogP contribution is -1.81. The summed E-state index contributed by atoms with van der Waals surface area (Å²) in [5.41, 5.74) is 0. The molecule has 5 aromatic carbocycles. The molecule has 0 aliphatic rings. The largest absolute Gasteiger partial charge is 0.135 e. The molecule has 0 atom stereocenters. The summed E-state index contributed by atoms with van der Waals surface area (Å²) in [6.07, 6.45) is 0. The third-order valence-electron chi connectivity index (χ3n) is 5.25. The minimum absolute atomic E-state index is 1.30. The van der Waals surface area contributed by atoms with Crippen LogP contribution in [0.1, 0.15) is 0 Å². The first kappa shape index (κ1) is 13.4. The summed E-state index contributed by atoms with van der Waals surface area (Å²) in [6.45, 7) is 0. The molecule has 0 aliphatic carbocycles. The van der Waals surface area contributed by atoms with Gasteiger partial charge < -0.3 is 0 Å². The van der Waals surface area contributed by atoms with Crippen molar-refractivity contribution in [3.63, 3.8) is 0 Å². The van der Waals surface area contributed by atoms with Crippen LogP contribution < -0.4 is 0 Å². The molecule has 25 heavy (non-hydrogen) atoms. The molecule has 1 heterocycles. The van der Waals surface area contributed by atoms with Crippen LogP contribution >= 0.6 is 11.3 Å². The van der Waals surface area contributed by atoms with E-state index in [0.29, 0.717) is 0 Å². The quantitative estimate of drug-likeness (QED) is 0.252. The van der Waals surface area contributed by atoms with Gasteiger partial charge in [-0.05, 0) is 33.0 Å². The number of benzene rings is 5. The van der Waals surface area contributed by atoms with E-state index in [0.717, 1.165) is 0 Å². The van der Waals surface area contributed by atoms with E-state index in [1.54, 1.807) is 0 Å². The van der Waals surface area contributed by atoms with Crippen LogP contribution in [-0.2, 0) is 0 Å². The molecule has 116 valence electrons. The molecule has 0 saturated carbocycles. The normalized spacial score (nSPS) is 12.0. The van der Waals surface area contributed by atoms with Gasteiger partial charge in [-0.3, -0.25) is 0 Å². The number of rotatable bonds is 0. The zero-order valence-corrected chi connectivity index (χ0v) is 14.3. The van der Waals surface area contributed by atoms with Crippen LogP contribution in [0.2, 0.25) is 0 Å². The third kappa shape index (κ3) is 1.76. The lowest BCUT2D eigenvalue weighted by Gasteiger charge is -2.08. The summed E-state index contributed by atoms with van der Waals surface area (Å²) in [5.74, 6) is 0. The smallest absolute Gasteiger partial charge is 0.0434 e. The van der Waals surface area contributed by atoms with Gasteiger partial charge in [0.1, 0.15) is 0 Å². The van der Waals surface area contributed by atoms with E-state index in [2.05, 4.69) is 84.9 Å². The van der Waals surface area contributed by atoms with Crippen molar-refractivity contribution in [3.05, 3.63) is 84.9 Å². The second kappa shape index (κ2) is 4.81. The van der Waals surface area contributed by atoms with Crippen molar-refractivity contribution in [2.75, 3.05) is 0 Å². The first-order valence-electron chi connectivity index (χ1n) is 8.54. The highest BCUT2D eigenvalue weighted by molar-refractivity contribution is 7.26. The van der Waals surface area contributed by atoms with Crippen LogP contribution in [0.4, 0.5) is 0 Å². The Hall–Kier alpha value is -2.90. The van der Waals surface area contributed by atoms with E-state index in [-0.39, 0.29) is 0 Å². The van der Waals surface area contributed by atoms with Crippen molar-refractivity contribution in [2.24, 2.45) is 0 Å². The van der Waals surface area contributed by atoms with Crippen LogP contribution in [0.5, 0.6) is 0 Å². The summed E-state index contributed by atoms with van der Waals surface area (Å²) in [7, 11) is 0. The average Bonchev–Trinajstić information content (AvgIpc) is 3.06. The van der Waals surface area contributed by atoms with Crippen LogP contribution in [0.3, 0.4) is 0 Å². The van der Waals surface area contributed by atoms with E-state index in [4.69, 9.17) is 0 Å². The fourth-order valence-electron chi connectivity index (χ4n) is 4.09.